The fourth-order valence-electron chi connectivity index (χ4n) is 6.08. The summed E-state index contributed by atoms with van der Waals surface area (Å²) < 4.78 is 11.8. The van der Waals surface area contributed by atoms with Gasteiger partial charge in [-0.2, -0.15) is 0 Å². The van der Waals surface area contributed by atoms with Crippen LogP contribution < -0.4 is 5.11 Å². The Kier molecular flexibility index (Phi) is 6.48. The molecule has 0 aromatic rings. The Morgan fingerprint density at radius 1 is 1.09 bits per heavy atom. The summed E-state index contributed by atoms with van der Waals surface area (Å²) in [7, 11) is 0. The van der Waals surface area contributed by atoms with E-state index in [9.17, 15) is 25.5 Å². The first-order valence-corrected chi connectivity index (χ1v) is 11.8. The number of hydrogen-bond donors (Lipinski definition) is 4. The molecule has 1 saturated carbocycles. The van der Waals surface area contributed by atoms with Gasteiger partial charge in [-0.1, -0.05) is 51.0 Å². The van der Waals surface area contributed by atoms with Crippen LogP contribution in [0.3, 0.4) is 0 Å². The van der Waals surface area contributed by atoms with Crippen LogP contribution in [0.25, 0.3) is 0 Å². The van der Waals surface area contributed by atoms with Crippen LogP contribution in [-0.4, -0.2) is 64.0 Å². The van der Waals surface area contributed by atoms with Gasteiger partial charge >= 0.3 is 0 Å². The minimum absolute atomic E-state index is 0.0745. The lowest BCUT2D eigenvalue weighted by Crippen LogP contribution is -2.56. The molecule has 1 heterocycles. The van der Waals surface area contributed by atoms with Crippen molar-refractivity contribution in [2.75, 3.05) is 6.61 Å². The Bertz CT molecular complexity index is 828. The van der Waals surface area contributed by atoms with Crippen LogP contribution in [0.1, 0.15) is 59.8 Å². The van der Waals surface area contributed by atoms with Gasteiger partial charge in [-0.25, -0.2) is 0 Å². The van der Waals surface area contributed by atoms with Crippen molar-refractivity contribution in [2.45, 2.75) is 96.8 Å². The SMILES string of the molecule is CC(C)C1=C2C3=CC=C([C@H]([O-])O)C[C@H](O[C@@H]4OC[C@@H](O)[C@H](O)[C@H]4O)[C@]3(C)CC[C@@]2(C)CC1. The van der Waals surface area contributed by atoms with Gasteiger partial charge in [-0.05, 0) is 54.6 Å². The third-order valence-corrected chi connectivity index (χ3v) is 8.31. The fourth-order valence-corrected chi connectivity index (χ4v) is 6.08. The van der Waals surface area contributed by atoms with Crippen molar-refractivity contribution in [1.82, 2.24) is 0 Å². The second-order valence-electron chi connectivity index (χ2n) is 10.8. The molecule has 180 valence electrons. The smallest absolute Gasteiger partial charge is 0.186 e. The molecule has 0 aromatic heterocycles. The number of aliphatic hydroxyl groups excluding tert-OH is 4. The summed E-state index contributed by atoms with van der Waals surface area (Å²) in [5.41, 5.74) is 3.87. The van der Waals surface area contributed by atoms with Crippen LogP contribution in [0.15, 0.2) is 34.4 Å². The molecule has 0 bridgehead atoms. The predicted octanol–water partition coefficient (Wildman–Crippen LogP) is 1.30. The van der Waals surface area contributed by atoms with Gasteiger partial charge in [0, 0.05) is 11.7 Å². The van der Waals surface area contributed by atoms with Crippen LogP contribution in [0, 0.1) is 16.7 Å². The molecule has 32 heavy (non-hydrogen) atoms. The molecule has 8 atom stereocenters. The van der Waals surface area contributed by atoms with E-state index in [2.05, 4.69) is 27.7 Å². The molecule has 4 rings (SSSR count). The second-order valence-corrected chi connectivity index (χ2v) is 10.8. The van der Waals surface area contributed by atoms with Crippen molar-refractivity contribution < 1.29 is 35.0 Å². The molecule has 1 saturated heterocycles. The Morgan fingerprint density at radius 3 is 2.47 bits per heavy atom. The minimum Gasteiger partial charge on any atom is -0.828 e. The molecular weight excluding hydrogens is 412 g/mol. The maximum Gasteiger partial charge on any atom is 0.186 e. The lowest BCUT2D eigenvalue weighted by atomic mass is 9.57. The molecule has 3 aliphatic carbocycles. The van der Waals surface area contributed by atoms with E-state index in [-0.39, 0.29) is 18.4 Å². The second kappa shape index (κ2) is 8.62. The van der Waals surface area contributed by atoms with Crippen LogP contribution in [-0.2, 0) is 9.47 Å². The number of rotatable bonds is 4. The average Bonchev–Trinajstić information content (AvgIpc) is 3.01. The quantitative estimate of drug-likeness (QED) is 0.477. The normalized spacial score (nSPS) is 43.4. The van der Waals surface area contributed by atoms with Crippen LogP contribution >= 0.6 is 0 Å². The largest absolute Gasteiger partial charge is 0.828 e. The van der Waals surface area contributed by atoms with E-state index in [4.69, 9.17) is 9.47 Å². The van der Waals surface area contributed by atoms with Gasteiger partial charge in [-0.3, -0.25) is 0 Å². The van der Waals surface area contributed by atoms with E-state index in [1.54, 1.807) is 6.08 Å². The summed E-state index contributed by atoms with van der Waals surface area (Å²) in [6.45, 7) is 8.72. The third-order valence-electron chi connectivity index (χ3n) is 8.31. The summed E-state index contributed by atoms with van der Waals surface area (Å²) in [4.78, 5) is 0. The summed E-state index contributed by atoms with van der Waals surface area (Å²) >= 11 is 0. The van der Waals surface area contributed by atoms with Crippen molar-refractivity contribution in [3.63, 3.8) is 0 Å². The van der Waals surface area contributed by atoms with Crippen molar-refractivity contribution in [1.29, 1.82) is 0 Å². The average molecular weight is 450 g/mol. The third kappa shape index (κ3) is 3.92. The minimum atomic E-state index is -1.86. The number of hydrogen-bond acceptors (Lipinski definition) is 7. The first-order valence-electron chi connectivity index (χ1n) is 11.8. The zero-order valence-electron chi connectivity index (χ0n) is 19.5. The van der Waals surface area contributed by atoms with Crippen LogP contribution in [0.4, 0.5) is 0 Å². The number of allylic oxidation sites excluding steroid dienone is 4. The summed E-state index contributed by atoms with van der Waals surface area (Å²) in [5.74, 6) is 0.409. The summed E-state index contributed by atoms with van der Waals surface area (Å²) in [6.07, 6.45) is 0.406. The molecular formula is C25H37O7-. The first-order chi connectivity index (χ1) is 15.0. The van der Waals surface area contributed by atoms with Gasteiger partial charge < -0.3 is 35.0 Å². The number of fused-ring (bicyclic) bond motifs is 3. The molecule has 0 amide bonds. The van der Waals surface area contributed by atoms with Crippen molar-refractivity contribution in [3.05, 3.63) is 34.4 Å². The lowest BCUT2D eigenvalue weighted by molar-refractivity contribution is -0.468. The van der Waals surface area contributed by atoms with E-state index in [0.717, 1.165) is 31.3 Å². The highest BCUT2D eigenvalue weighted by Gasteiger charge is 2.53. The van der Waals surface area contributed by atoms with E-state index < -0.39 is 42.4 Å². The molecule has 4 N–H and O–H groups in total. The zero-order chi connectivity index (χ0) is 23.4. The zero-order valence-corrected chi connectivity index (χ0v) is 19.5. The molecule has 0 unspecified atom stereocenters. The van der Waals surface area contributed by atoms with E-state index in [1.165, 1.54) is 11.1 Å². The molecule has 2 fully saturated rings. The molecule has 4 aliphatic rings. The summed E-state index contributed by atoms with van der Waals surface area (Å²) in [5, 5.41) is 52.3. The topological polar surface area (TPSA) is 122 Å². The van der Waals surface area contributed by atoms with E-state index in [0.29, 0.717) is 11.5 Å². The first kappa shape index (κ1) is 24.1. The van der Waals surface area contributed by atoms with E-state index in [1.807, 2.05) is 6.08 Å². The van der Waals surface area contributed by atoms with Gasteiger partial charge in [-0.15, -0.1) is 0 Å². The van der Waals surface area contributed by atoms with Crippen LogP contribution in [0.5, 0.6) is 0 Å². The molecule has 7 heteroatoms. The fraction of sp³-hybridized carbons (Fsp3) is 0.760. The standard InChI is InChI=1S/C25H37O7/c1-13(2)15-7-8-24(3)9-10-25(4)16(19(15)24)6-5-14(22(29)30)11-18(25)32-23-21(28)20(27)17(26)12-31-23/h5-6,13,17-18,20-23,26-29H,7-12H2,1-4H3/q-1/t17-,18+,20+,21-,22+,23+,24-,25-/m1/s1. The molecule has 7 nitrogen and oxygen atoms in total. The van der Waals surface area contributed by atoms with E-state index >= 15 is 0 Å². The Morgan fingerprint density at radius 2 is 1.81 bits per heavy atom. The highest BCUT2D eigenvalue weighted by atomic mass is 16.7. The van der Waals surface area contributed by atoms with Gasteiger partial charge in [0.15, 0.2) is 6.29 Å². The maximum absolute atomic E-state index is 12.0. The van der Waals surface area contributed by atoms with Crippen molar-refractivity contribution >= 4 is 0 Å². The molecule has 1 aliphatic heterocycles. The number of ether oxygens (including phenoxy) is 2. The van der Waals surface area contributed by atoms with Crippen molar-refractivity contribution in [3.8, 4) is 0 Å². The monoisotopic (exact) mass is 449 g/mol. The molecule has 0 aromatic carbocycles. The van der Waals surface area contributed by atoms with Gasteiger partial charge in [0.05, 0.1) is 12.7 Å². The Labute approximate surface area is 190 Å². The van der Waals surface area contributed by atoms with Gasteiger partial charge in [0.25, 0.3) is 0 Å². The lowest BCUT2D eigenvalue weighted by Gasteiger charge is -2.50. The van der Waals surface area contributed by atoms with Crippen LogP contribution in [0.2, 0.25) is 0 Å². The summed E-state index contributed by atoms with van der Waals surface area (Å²) in [6, 6.07) is 0. The Hall–Kier alpha value is -1.06. The van der Waals surface area contributed by atoms with Gasteiger partial charge in [0.1, 0.15) is 18.3 Å². The number of aliphatic hydroxyl groups is 4. The molecule has 0 radical (unpaired) electrons. The van der Waals surface area contributed by atoms with Crippen molar-refractivity contribution in [2.24, 2.45) is 16.7 Å². The predicted molar refractivity (Wildman–Crippen MR) is 116 cm³/mol. The highest BCUT2D eigenvalue weighted by molar-refractivity contribution is 5.52. The maximum atomic E-state index is 12.0. The van der Waals surface area contributed by atoms with Gasteiger partial charge in [0.2, 0.25) is 0 Å². The highest BCUT2D eigenvalue weighted by Crippen LogP contribution is 2.62. The molecule has 0 spiro atoms. The Balaban J connectivity index is 1.75.